The van der Waals surface area contributed by atoms with Crippen LogP contribution in [0, 0.1) is 13.8 Å². The van der Waals surface area contributed by atoms with E-state index < -0.39 is 10.0 Å². The Morgan fingerprint density at radius 1 is 1.35 bits per heavy atom. The maximum atomic E-state index is 12.4. The molecule has 2 N–H and O–H groups in total. The molecule has 0 aliphatic rings. The smallest absolute Gasteiger partial charge is 0.265 e. The number of sulfonamides is 1. The van der Waals surface area contributed by atoms with E-state index in [-0.39, 0.29) is 16.3 Å². The fourth-order valence-corrected chi connectivity index (χ4v) is 3.81. The molecule has 0 spiro atoms. The van der Waals surface area contributed by atoms with Gasteiger partial charge in [-0.3, -0.25) is 9.40 Å². The molecular weight excluding hydrogens is 346 g/mol. The van der Waals surface area contributed by atoms with Crippen molar-refractivity contribution in [3.8, 4) is 5.75 Å². The number of hydrogen-bond donors (Lipinski definition) is 2. The van der Waals surface area contributed by atoms with Gasteiger partial charge in [-0.2, -0.15) is 5.10 Å². The van der Waals surface area contributed by atoms with E-state index >= 15 is 0 Å². The molecule has 0 unspecified atom stereocenters. The van der Waals surface area contributed by atoms with Crippen molar-refractivity contribution >= 4 is 31.6 Å². The Morgan fingerprint density at radius 3 is 2.55 bits per heavy atom. The highest BCUT2D eigenvalue weighted by molar-refractivity contribution is 9.10. The quantitative estimate of drug-likeness (QED) is 0.823. The van der Waals surface area contributed by atoms with Gasteiger partial charge in [-0.15, -0.1) is 0 Å². The number of rotatable bonds is 3. The molecule has 2 rings (SSSR count). The standard InChI is InChI=1S/C12H14BrN3O3S/c1-7-12(8(2)16(3)14-7)20(18,19)15-10-6-4-5-9(13)11(10)17/h4-6,15,17H,1-3H3. The van der Waals surface area contributed by atoms with Gasteiger partial charge in [0.2, 0.25) is 0 Å². The van der Waals surface area contributed by atoms with E-state index in [0.29, 0.717) is 15.9 Å². The van der Waals surface area contributed by atoms with E-state index in [4.69, 9.17) is 0 Å². The Morgan fingerprint density at radius 2 is 2.00 bits per heavy atom. The van der Waals surface area contributed by atoms with Crippen molar-refractivity contribution in [3.63, 3.8) is 0 Å². The number of aromatic nitrogens is 2. The lowest BCUT2D eigenvalue weighted by molar-refractivity contribution is 0.474. The number of aromatic hydroxyl groups is 1. The largest absolute Gasteiger partial charge is 0.505 e. The van der Waals surface area contributed by atoms with Crippen molar-refractivity contribution in [2.45, 2.75) is 18.7 Å². The van der Waals surface area contributed by atoms with Crippen molar-refractivity contribution in [2.75, 3.05) is 4.72 Å². The molecule has 6 nitrogen and oxygen atoms in total. The fraction of sp³-hybridized carbons (Fsp3) is 0.250. The van der Waals surface area contributed by atoms with Gasteiger partial charge >= 0.3 is 0 Å². The summed E-state index contributed by atoms with van der Waals surface area (Å²) in [6.45, 7) is 3.30. The molecule has 108 valence electrons. The lowest BCUT2D eigenvalue weighted by atomic mass is 10.3. The molecule has 0 radical (unpaired) electrons. The number of halogens is 1. The van der Waals surface area contributed by atoms with Gasteiger partial charge in [-0.1, -0.05) is 6.07 Å². The van der Waals surface area contributed by atoms with Crippen LogP contribution in [0.15, 0.2) is 27.6 Å². The van der Waals surface area contributed by atoms with Crippen LogP contribution in [0.4, 0.5) is 5.69 Å². The zero-order valence-corrected chi connectivity index (χ0v) is 13.6. The molecule has 0 aliphatic heterocycles. The number of nitrogens with zero attached hydrogens (tertiary/aromatic N) is 2. The minimum Gasteiger partial charge on any atom is -0.505 e. The maximum Gasteiger partial charge on any atom is 0.265 e. The summed E-state index contributed by atoms with van der Waals surface area (Å²) >= 11 is 3.14. The van der Waals surface area contributed by atoms with Crippen molar-refractivity contribution in [1.82, 2.24) is 9.78 Å². The number of anilines is 1. The predicted molar refractivity (Wildman–Crippen MR) is 79.3 cm³/mol. The molecule has 0 atom stereocenters. The third kappa shape index (κ3) is 2.53. The summed E-state index contributed by atoms with van der Waals surface area (Å²) in [5, 5.41) is 13.9. The molecule has 0 aliphatic carbocycles. The van der Waals surface area contributed by atoms with Gasteiger partial charge < -0.3 is 5.11 Å². The van der Waals surface area contributed by atoms with Crippen LogP contribution in [-0.2, 0) is 17.1 Å². The first kappa shape index (κ1) is 14.9. The molecule has 0 saturated heterocycles. The third-order valence-electron chi connectivity index (χ3n) is 2.94. The lowest BCUT2D eigenvalue weighted by Gasteiger charge is -2.10. The fourth-order valence-electron chi connectivity index (χ4n) is 1.94. The Hall–Kier alpha value is -1.54. The second-order valence-corrected chi connectivity index (χ2v) is 6.84. The minimum atomic E-state index is -3.81. The number of phenols is 1. The average Bonchev–Trinajstić information content (AvgIpc) is 2.59. The summed E-state index contributed by atoms with van der Waals surface area (Å²) in [5.41, 5.74) is 1.05. The first-order valence-electron chi connectivity index (χ1n) is 5.74. The van der Waals surface area contributed by atoms with Crippen molar-refractivity contribution in [1.29, 1.82) is 0 Å². The minimum absolute atomic E-state index is 0.113. The van der Waals surface area contributed by atoms with E-state index in [1.165, 1.54) is 10.7 Å². The molecule has 0 amide bonds. The molecule has 0 bridgehead atoms. The van der Waals surface area contributed by atoms with Crippen molar-refractivity contribution in [3.05, 3.63) is 34.1 Å². The van der Waals surface area contributed by atoms with Gasteiger partial charge in [0.1, 0.15) is 4.90 Å². The van der Waals surface area contributed by atoms with Crippen LogP contribution in [0.3, 0.4) is 0 Å². The van der Waals surface area contributed by atoms with E-state index in [2.05, 4.69) is 25.8 Å². The van der Waals surface area contributed by atoms with Gasteiger partial charge in [0.05, 0.1) is 21.5 Å². The molecule has 20 heavy (non-hydrogen) atoms. The summed E-state index contributed by atoms with van der Waals surface area (Å²) in [7, 11) is -2.13. The molecule has 0 saturated carbocycles. The van der Waals surface area contributed by atoms with E-state index in [1.807, 2.05) is 0 Å². The van der Waals surface area contributed by atoms with E-state index in [0.717, 1.165) is 0 Å². The number of benzene rings is 1. The first-order chi connectivity index (χ1) is 9.24. The second-order valence-electron chi connectivity index (χ2n) is 4.37. The topological polar surface area (TPSA) is 84.2 Å². The van der Waals surface area contributed by atoms with Crippen LogP contribution < -0.4 is 4.72 Å². The monoisotopic (exact) mass is 359 g/mol. The van der Waals surface area contributed by atoms with Crippen LogP contribution in [0.1, 0.15) is 11.4 Å². The highest BCUT2D eigenvalue weighted by atomic mass is 79.9. The highest BCUT2D eigenvalue weighted by Gasteiger charge is 2.24. The van der Waals surface area contributed by atoms with Crippen molar-refractivity contribution < 1.29 is 13.5 Å². The number of nitrogens with one attached hydrogen (secondary N) is 1. The van der Waals surface area contributed by atoms with Crippen LogP contribution in [0.25, 0.3) is 0 Å². The highest BCUT2D eigenvalue weighted by Crippen LogP contribution is 2.33. The molecule has 1 aromatic carbocycles. The van der Waals surface area contributed by atoms with Gasteiger partial charge in [-0.05, 0) is 41.9 Å². The van der Waals surface area contributed by atoms with Gasteiger partial charge in [0, 0.05) is 7.05 Å². The third-order valence-corrected chi connectivity index (χ3v) is 5.20. The SMILES string of the molecule is Cc1nn(C)c(C)c1S(=O)(=O)Nc1cccc(Br)c1O. The summed E-state index contributed by atoms with van der Waals surface area (Å²) in [4.78, 5) is 0.124. The summed E-state index contributed by atoms with van der Waals surface area (Å²) in [5.74, 6) is -0.157. The lowest BCUT2D eigenvalue weighted by Crippen LogP contribution is -2.15. The summed E-state index contributed by atoms with van der Waals surface area (Å²) in [6.07, 6.45) is 0. The van der Waals surface area contributed by atoms with Crippen LogP contribution in [0.5, 0.6) is 5.75 Å². The first-order valence-corrected chi connectivity index (χ1v) is 8.02. The Kier molecular flexibility index (Phi) is 3.79. The second kappa shape index (κ2) is 5.10. The molecule has 0 fully saturated rings. The zero-order chi connectivity index (χ0) is 15.1. The Bertz CT molecular complexity index is 768. The Balaban J connectivity index is 2.49. The van der Waals surface area contributed by atoms with Gasteiger partial charge in [-0.25, -0.2) is 8.42 Å². The number of hydrogen-bond acceptors (Lipinski definition) is 4. The van der Waals surface area contributed by atoms with E-state index in [9.17, 15) is 13.5 Å². The Labute approximate surface area is 125 Å². The van der Waals surface area contributed by atoms with E-state index in [1.54, 1.807) is 33.0 Å². The number of aryl methyl sites for hydroxylation is 2. The normalized spacial score (nSPS) is 11.6. The van der Waals surface area contributed by atoms with Crippen LogP contribution in [0.2, 0.25) is 0 Å². The predicted octanol–water partition coefficient (Wildman–Crippen LogP) is 2.31. The molecule has 1 aromatic heterocycles. The summed E-state index contributed by atoms with van der Waals surface area (Å²) < 4.78 is 29.2. The number of phenolic OH excluding ortho intramolecular Hbond substituents is 1. The van der Waals surface area contributed by atoms with Crippen LogP contribution >= 0.6 is 15.9 Å². The maximum absolute atomic E-state index is 12.4. The molecule has 2 aromatic rings. The zero-order valence-electron chi connectivity index (χ0n) is 11.2. The van der Waals surface area contributed by atoms with Crippen molar-refractivity contribution in [2.24, 2.45) is 7.05 Å². The van der Waals surface area contributed by atoms with Crippen LogP contribution in [-0.4, -0.2) is 23.3 Å². The number of para-hydroxylation sites is 1. The summed E-state index contributed by atoms with van der Waals surface area (Å²) in [6, 6.07) is 4.73. The molecule has 8 heteroatoms. The molecular formula is C12H14BrN3O3S. The molecule has 1 heterocycles. The van der Waals surface area contributed by atoms with Gasteiger partial charge in [0.15, 0.2) is 5.75 Å². The average molecular weight is 360 g/mol. The van der Waals surface area contributed by atoms with Gasteiger partial charge in [0.25, 0.3) is 10.0 Å².